The molecule has 8 nitrogen and oxygen atoms in total. The molecule has 3 heterocycles. The Kier molecular flexibility index (Phi) is 8.21. The standard InChI is InChI=1S/C14H18F3N7O.2ClH/c1-9-2-3-19-13-21-11(22-24(9)13)12(25)20-8-10(14(15,16)17)23-6-4-18-5-7-23;;/h2-3,10,18H,4-8H2,1H3,(H,20,25);2*1H. The quantitative estimate of drug-likeness (QED) is 0.748. The third-order valence-corrected chi connectivity index (χ3v) is 4.06. The molecule has 0 spiro atoms. The molecule has 0 radical (unpaired) electrons. The first-order valence-electron chi connectivity index (χ1n) is 7.84. The summed E-state index contributed by atoms with van der Waals surface area (Å²) in [6.07, 6.45) is -2.92. The summed E-state index contributed by atoms with van der Waals surface area (Å²) in [5.74, 6) is -0.739. The second kappa shape index (κ2) is 9.49. The van der Waals surface area contributed by atoms with Gasteiger partial charge in [-0.3, -0.25) is 9.69 Å². The molecule has 1 saturated heterocycles. The highest BCUT2D eigenvalue weighted by molar-refractivity contribution is 5.90. The third kappa shape index (κ3) is 5.41. The lowest BCUT2D eigenvalue weighted by molar-refractivity contribution is -0.183. The number of nitrogens with one attached hydrogen (secondary N) is 2. The monoisotopic (exact) mass is 429 g/mol. The van der Waals surface area contributed by atoms with Crippen molar-refractivity contribution < 1.29 is 18.0 Å². The maximum absolute atomic E-state index is 13.3. The Balaban J connectivity index is 0.00000182. The normalized spacial score (nSPS) is 16.3. The lowest BCUT2D eigenvalue weighted by atomic mass is 10.2. The van der Waals surface area contributed by atoms with Crippen LogP contribution in [0.5, 0.6) is 0 Å². The van der Waals surface area contributed by atoms with Crippen LogP contribution in [0.2, 0.25) is 0 Å². The van der Waals surface area contributed by atoms with E-state index in [1.54, 1.807) is 13.0 Å². The molecule has 0 aliphatic carbocycles. The molecule has 13 heteroatoms. The van der Waals surface area contributed by atoms with E-state index in [0.717, 1.165) is 0 Å². The average molecular weight is 430 g/mol. The second-order valence-corrected chi connectivity index (χ2v) is 5.79. The largest absolute Gasteiger partial charge is 0.405 e. The smallest absolute Gasteiger partial charge is 0.347 e. The fourth-order valence-corrected chi connectivity index (χ4v) is 2.72. The van der Waals surface area contributed by atoms with Crippen LogP contribution in [0.15, 0.2) is 12.3 Å². The van der Waals surface area contributed by atoms with Gasteiger partial charge in [-0.15, -0.1) is 29.9 Å². The van der Waals surface area contributed by atoms with E-state index >= 15 is 0 Å². The van der Waals surface area contributed by atoms with Crippen LogP contribution in [0.3, 0.4) is 0 Å². The number of alkyl halides is 3. The molecular weight excluding hydrogens is 410 g/mol. The Morgan fingerprint density at radius 2 is 2.00 bits per heavy atom. The van der Waals surface area contributed by atoms with Crippen molar-refractivity contribution >= 4 is 36.5 Å². The summed E-state index contributed by atoms with van der Waals surface area (Å²) in [7, 11) is 0. The van der Waals surface area contributed by atoms with Crippen LogP contribution >= 0.6 is 24.8 Å². The van der Waals surface area contributed by atoms with Crippen molar-refractivity contribution in [3.05, 3.63) is 23.8 Å². The molecule has 0 saturated carbocycles. The van der Waals surface area contributed by atoms with E-state index in [1.165, 1.54) is 15.6 Å². The van der Waals surface area contributed by atoms with Crippen molar-refractivity contribution in [2.45, 2.75) is 19.1 Å². The van der Waals surface area contributed by atoms with Crippen LogP contribution in [0.25, 0.3) is 5.78 Å². The molecule has 1 amide bonds. The topological polar surface area (TPSA) is 87.5 Å². The number of aromatic nitrogens is 4. The minimum absolute atomic E-state index is 0. The molecule has 2 aromatic rings. The van der Waals surface area contributed by atoms with Crippen LogP contribution in [0, 0.1) is 6.92 Å². The number of carbonyl (C=O) groups excluding carboxylic acids is 1. The van der Waals surface area contributed by atoms with Gasteiger partial charge in [0.15, 0.2) is 0 Å². The third-order valence-electron chi connectivity index (χ3n) is 4.06. The Bertz CT molecular complexity index is 765. The van der Waals surface area contributed by atoms with Crippen molar-refractivity contribution in [2.75, 3.05) is 32.7 Å². The van der Waals surface area contributed by atoms with Gasteiger partial charge in [-0.2, -0.15) is 18.2 Å². The first kappa shape index (κ1) is 23.3. The molecule has 0 bridgehead atoms. The maximum Gasteiger partial charge on any atom is 0.405 e. The van der Waals surface area contributed by atoms with Gasteiger partial charge in [-0.25, -0.2) is 9.50 Å². The molecule has 27 heavy (non-hydrogen) atoms. The molecule has 0 aromatic carbocycles. The van der Waals surface area contributed by atoms with Crippen molar-refractivity contribution in [3.63, 3.8) is 0 Å². The number of carbonyl (C=O) groups is 1. The van der Waals surface area contributed by atoms with E-state index in [-0.39, 0.29) is 49.5 Å². The van der Waals surface area contributed by atoms with Gasteiger partial charge in [-0.1, -0.05) is 0 Å². The Labute approximate surface area is 165 Å². The molecule has 1 unspecified atom stereocenters. The molecule has 1 aliphatic rings. The Hall–Kier alpha value is -1.69. The highest BCUT2D eigenvalue weighted by Gasteiger charge is 2.44. The molecule has 1 atom stereocenters. The van der Waals surface area contributed by atoms with Crippen molar-refractivity contribution in [1.82, 2.24) is 35.1 Å². The number of piperazine rings is 1. The number of halogens is 5. The average Bonchev–Trinajstić information content (AvgIpc) is 3.00. The fraction of sp³-hybridized carbons (Fsp3) is 0.571. The molecule has 3 rings (SSSR count). The molecular formula is C14H20Cl2F3N7O. The summed E-state index contributed by atoms with van der Waals surface area (Å²) in [5, 5.41) is 9.29. The van der Waals surface area contributed by atoms with Gasteiger partial charge in [0, 0.05) is 44.6 Å². The molecule has 2 aromatic heterocycles. The van der Waals surface area contributed by atoms with Gasteiger partial charge < -0.3 is 10.6 Å². The van der Waals surface area contributed by atoms with Crippen LogP contribution in [0.4, 0.5) is 13.2 Å². The SMILES string of the molecule is Cc1ccnc2nc(C(=O)NCC(N3CCNCC3)C(F)(F)F)nn12.Cl.Cl. The second-order valence-electron chi connectivity index (χ2n) is 5.79. The number of hydrogen-bond acceptors (Lipinski definition) is 6. The van der Waals surface area contributed by atoms with Crippen molar-refractivity contribution in [1.29, 1.82) is 0 Å². The van der Waals surface area contributed by atoms with Gasteiger partial charge >= 0.3 is 6.18 Å². The minimum atomic E-state index is -4.44. The summed E-state index contributed by atoms with van der Waals surface area (Å²) in [5.41, 5.74) is 0.713. The molecule has 2 N–H and O–H groups in total. The highest BCUT2D eigenvalue weighted by atomic mass is 35.5. The lowest BCUT2D eigenvalue weighted by Gasteiger charge is -2.35. The molecule has 1 fully saturated rings. The summed E-state index contributed by atoms with van der Waals surface area (Å²) < 4.78 is 41.3. The molecule has 1 aliphatic heterocycles. The van der Waals surface area contributed by atoms with Crippen LogP contribution in [-0.4, -0.2) is 75.3 Å². The van der Waals surface area contributed by atoms with Gasteiger partial charge in [0.2, 0.25) is 5.82 Å². The predicted octanol–water partition coefficient (Wildman–Crippen LogP) is 0.842. The first-order chi connectivity index (χ1) is 11.9. The first-order valence-corrected chi connectivity index (χ1v) is 7.84. The predicted molar refractivity (Wildman–Crippen MR) is 96.6 cm³/mol. The summed E-state index contributed by atoms with van der Waals surface area (Å²) in [4.78, 5) is 21.4. The van der Waals surface area contributed by atoms with E-state index in [2.05, 4.69) is 25.7 Å². The molecule has 152 valence electrons. The number of aryl methyl sites for hydroxylation is 1. The van der Waals surface area contributed by atoms with Crippen LogP contribution in [-0.2, 0) is 0 Å². The fourth-order valence-electron chi connectivity index (χ4n) is 2.72. The van der Waals surface area contributed by atoms with E-state index in [9.17, 15) is 18.0 Å². The van der Waals surface area contributed by atoms with Gasteiger partial charge in [0.1, 0.15) is 6.04 Å². The summed E-state index contributed by atoms with van der Waals surface area (Å²) in [6, 6.07) is -0.0524. The van der Waals surface area contributed by atoms with Crippen LogP contribution in [0.1, 0.15) is 16.3 Å². The van der Waals surface area contributed by atoms with Gasteiger partial charge in [0.25, 0.3) is 11.7 Å². The number of amides is 1. The van der Waals surface area contributed by atoms with Crippen molar-refractivity contribution in [3.8, 4) is 0 Å². The number of nitrogens with zero attached hydrogens (tertiary/aromatic N) is 5. The maximum atomic E-state index is 13.3. The Morgan fingerprint density at radius 1 is 1.33 bits per heavy atom. The van der Waals surface area contributed by atoms with E-state index < -0.39 is 24.7 Å². The van der Waals surface area contributed by atoms with Crippen LogP contribution < -0.4 is 10.6 Å². The zero-order valence-electron chi connectivity index (χ0n) is 14.4. The number of rotatable bonds is 4. The van der Waals surface area contributed by atoms with E-state index in [4.69, 9.17) is 0 Å². The Morgan fingerprint density at radius 3 is 2.59 bits per heavy atom. The zero-order valence-corrected chi connectivity index (χ0v) is 16.0. The van der Waals surface area contributed by atoms with Crippen molar-refractivity contribution in [2.24, 2.45) is 0 Å². The summed E-state index contributed by atoms with van der Waals surface area (Å²) in [6.45, 7) is 2.73. The van der Waals surface area contributed by atoms with E-state index in [1.807, 2.05) is 0 Å². The zero-order chi connectivity index (χ0) is 18.0. The lowest BCUT2D eigenvalue weighted by Crippen LogP contribution is -2.57. The minimum Gasteiger partial charge on any atom is -0.347 e. The number of hydrogen-bond donors (Lipinski definition) is 2. The number of fused-ring (bicyclic) bond motifs is 1. The highest BCUT2D eigenvalue weighted by Crippen LogP contribution is 2.24. The van der Waals surface area contributed by atoms with Gasteiger partial charge in [0.05, 0.1) is 0 Å². The summed E-state index contributed by atoms with van der Waals surface area (Å²) >= 11 is 0. The van der Waals surface area contributed by atoms with Gasteiger partial charge in [-0.05, 0) is 13.0 Å². The van der Waals surface area contributed by atoms with E-state index in [0.29, 0.717) is 18.8 Å².